The molecule has 0 aliphatic rings. The molecular formula is C13H17IN4. The summed E-state index contributed by atoms with van der Waals surface area (Å²) in [4.78, 5) is 0. The van der Waals surface area contributed by atoms with E-state index < -0.39 is 0 Å². The Bertz CT molecular complexity index is 452. The van der Waals surface area contributed by atoms with E-state index in [4.69, 9.17) is 0 Å². The van der Waals surface area contributed by atoms with Gasteiger partial charge in [0.1, 0.15) is 0 Å². The molecule has 1 heterocycles. The first kappa shape index (κ1) is 13.5. The molecule has 1 atom stereocenters. The molecule has 4 nitrogen and oxygen atoms in total. The molecule has 18 heavy (non-hydrogen) atoms. The second-order valence-corrected chi connectivity index (χ2v) is 5.48. The number of aromatic amines is 1. The standard InChI is InChI=1S/C13H17IN4/c1-2-7-15-12(13-9-16-18-17-13)8-10-3-5-11(14)6-4-10/h3-6,9,12,15H,2,7-8H2,1H3,(H,16,17,18). The molecule has 0 bridgehead atoms. The van der Waals surface area contributed by atoms with E-state index in [1.165, 1.54) is 9.13 Å². The molecule has 5 heteroatoms. The highest BCUT2D eigenvalue weighted by atomic mass is 127. The van der Waals surface area contributed by atoms with Crippen LogP contribution in [0.25, 0.3) is 0 Å². The van der Waals surface area contributed by atoms with Crippen LogP contribution >= 0.6 is 22.6 Å². The third-order valence-corrected chi connectivity index (χ3v) is 3.50. The van der Waals surface area contributed by atoms with E-state index in [9.17, 15) is 0 Å². The number of hydrogen-bond acceptors (Lipinski definition) is 3. The van der Waals surface area contributed by atoms with Crippen molar-refractivity contribution < 1.29 is 0 Å². The maximum atomic E-state index is 4.18. The summed E-state index contributed by atoms with van der Waals surface area (Å²) >= 11 is 2.32. The lowest BCUT2D eigenvalue weighted by molar-refractivity contribution is 0.517. The fourth-order valence-electron chi connectivity index (χ4n) is 1.83. The minimum absolute atomic E-state index is 0.226. The normalized spacial score (nSPS) is 12.6. The molecule has 0 aliphatic heterocycles. The fraction of sp³-hybridized carbons (Fsp3) is 0.385. The van der Waals surface area contributed by atoms with Gasteiger partial charge < -0.3 is 5.32 Å². The van der Waals surface area contributed by atoms with Crippen molar-refractivity contribution in [1.82, 2.24) is 20.7 Å². The van der Waals surface area contributed by atoms with E-state index in [-0.39, 0.29) is 6.04 Å². The van der Waals surface area contributed by atoms with Crippen LogP contribution in [-0.4, -0.2) is 22.0 Å². The van der Waals surface area contributed by atoms with Gasteiger partial charge >= 0.3 is 0 Å². The highest BCUT2D eigenvalue weighted by molar-refractivity contribution is 14.1. The van der Waals surface area contributed by atoms with E-state index in [2.05, 4.69) is 74.5 Å². The zero-order valence-electron chi connectivity index (χ0n) is 10.4. The summed E-state index contributed by atoms with van der Waals surface area (Å²) in [5, 5.41) is 14.3. The Labute approximate surface area is 121 Å². The molecule has 1 aromatic heterocycles. The van der Waals surface area contributed by atoms with Gasteiger partial charge in [-0.05, 0) is 59.7 Å². The minimum atomic E-state index is 0.226. The molecular weight excluding hydrogens is 339 g/mol. The first-order valence-corrected chi connectivity index (χ1v) is 7.21. The lowest BCUT2D eigenvalue weighted by Crippen LogP contribution is -2.24. The Morgan fingerprint density at radius 2 is 2.11 bits per heavy atom. The molecule has 2 rings (SSSR count). The van der Waals surface area contributed by atoms with Gasteiger partial charge in [-0.2, -0.15) is 15.4 Å². The largest absolute Gasteiger partial charge is 0.308 e. The van der Waals surface area contributed by atoms with Gasteiger partial charge in [0.05, 0.1) is 17.9 Å². The second-order valence-electron chi connectivity index (χ2n) is 4.23. The van der Waals surface area contributed by atoms with Crippen LogP contribution in [0.4, 0.5) is 0 Å². The van der Waals surface area contributed by atoms with Crippen LogP contribution in [0.3, 0.4) is 0 Å². The zero-order valence-corrected chi connectivity index (χ0v) is 12.5. The third kappa shape index (κ3) is 3.78. The number of aromatic nitrogens is 3. The predicted octanol–water partition coefficient (Wildman–Crippen LogP) is 2.69. The average Bonchev–Trinajstić information content (AvgIpc) is 2.90. The first-order valence-electron chi connectivity index (χ1n) is 6.13. The Morgan fingerprint density at radius 1 is 1.33 bits per heavy atom. The molecule has 0 saturated carbocycles. The van der Waals surface area contributed by atoms with Crippen LogP contribution in [-0.2, 0) is 6.42 Å². The summed E-state index contributed by atoms with van der Waals surface area (Å²) in [6.45, 7) is 3.15. The van der Waals surface area contributed by atoms with Gasteiger partial charge in [-0.15, -0.1) is 0 Å². The van der Waals surface area contributed by atoms with Crippen molar-refractivity contribution in [2.24, 2.45) is 0 Å². The van der Waals surface area contributed by atoms with E-state index in [1.54, 1.807) is 6.20 Å². The van der Waals surface area contributed by atoms with Gasteiger partial charge in [-0.3, -0.25) is 0 Å². The van der Waals surface area contributed by atoms with E-state index in [1.807, 2.05) is 0 Å². The Morgan fingerprint density at radius 3 is 2.72 bits per heavy atom. The topological polar surface area (TPSA) is 53.6 Å². The van der Waals surface area contributed by atoms with E-state index in [0.717, 1.165) is 25.1 Å². The van der Waals surface area contributed by atoms with Crippen molar-refractivity contribution in [3.8, 4) is 0 Å². The summed E-state index contributed by atoms with van der Waals surface area (Å²) in [5.41, 5.74) is 2.29. The van der Waals surface area contributed by atoms with Crippen molar-refractivity contribution in [3.05, 3.63) is 45.3 Å². The molecule has 1 unspecified atom stereocenters. The summed E-state index contributed by atoms with van der Waals surface area (Å²) in [6, 6.07) is 8.83. The van der Waals surface area contributed by atoms with E-state index >= 15 is 0 Å². The Kier molecular flexibility index (Phi) is 5.12. The monoisotopic (exact) mass is 356 g/mol. The van der Waals surface area contributed by atoms with E-state index in [0.29, 0.717) is 0 Å². The lowest BCUT2D eigenvalue weighted by Gasteiger charge is -2.16. The number of nitrogens with zero attached hydrogens (tertiary/aromatic N) is 2. The number of halogens is 1. The van der Waals surface area contributed by atoms with Crippen molar-refractivity contribution in [1.29, 1.82) is 0 Å². The SMILES string of the molecule is CCCNC(Cc1ccc(I)cc1)c1cn[nH]n1. The molecule has 2 aromatic rings. The van der Waals surface area contributed by atoms with Crippen LogP contribution < -0.4 is 5.32 Å². The molecule has 0 spiro atoms. The van der Waals surface area contributed by atoms with Gasteiger partial charge in [0, 0.05) is 3.57 Å². The van der Waals surface area contributed by atoms with Gasteiger partial charge in [-0.1, -0.05) is 19.1 Å². The van der Waals surface area contributed by atoms with Gasteiger partial charge in [-0.25, -0.2) is 0 Å². The average molecular weight is 356 g/mol. The highest BCUT2D eigenvalue weighted by Gasteiger charge is 2.13. The van der Waals surface area contributed by atoms with Gasteiger partial charge in [0.25, 0.3) is 0 Å². The fourth-order valence-corrected chi connectivity index (χ4v) is 2.19. The molecule has 2 N–H and O–H groups in total. The summed E-state index contributed by atoms with van der Waals surface area (Å²) in [5.74, 6) is 0. The molecule has 0 aliphatic carbocycles. The Hall–Kier alpha value is -0.950. The minimum Gasteiger partial charge on any atom is -0.308 e. The van der Waals surface area contributed by atoms with Crippen LogP contribution in [0.5, 0.6) is 0 Å². The molecule has 0 fully saturated rings. The maximum Gasteiger partial charge on any atom is 0.0997 e. The second kappa shape index (κ2) is 6.84. The Balaban J connectivity index is 2.07. The molecule has 1 aromatic carbocycles. The smallest absolute Gasteiger partial charge is 0.0997 e. The number of hydrogen-bond donors (Lipinski definition) is 2. The molecule has 0 saturated heterocycles. The van der Waals surface area contributed by atoms with Crippen LogP contribution in [0.15, 0.2) is 30.5 Å². The predicted molar refractivity (Wildman–Crippen MR) is 80.3 cm³/mol. The third-order valence-electron chi connectivity index (χ3n) is 2.78. The van der Waals surface area contributed by atoms with Crippen molar-refractivity contribution in [2.75, 3.05) is 6.54 Å². The summed E-state index contributed by atoms with van der Waals surface area (Å²) in [6.07, 6.45) is 3.84. The first-order chi connectivity index (χ1) is 8.79. The zero-order chi connectivity index (χ0) is 12.8. The van der Waals surface area contributed by atoms with Crippen LogP contribution in [0, 0.1) is 3.57 Å². The number of nitrogens with one attached hydrogen (secondary N) is 2. The summed E-state index contributed by atoms with van der Waals surface area (Å²) in [7, 11) is 0. The quantitative estimate of drug-likeness (QED) is 0.783. The van der Waals surface area contributed by atoms with Crippen molar-refractivity contribution in [2.45, 2.75) is 25.8 Å². The molecule has 96 valence electrons. The van der Waals surface area contributed by atoms with Gasteiger partial charge in [0.15, 0.2) is 0 Å². The summed E-state index contributed by atoms with van der Waals surface area (Å²) < 4.78 is 1.26. The van der Waals surface area contributed by atoms with Crippen molar-refractivity contribution >= 4 is 22.6 Å². The number of H-pyrrole nitrogens is 1. The molecule has 0 radical (unpaired) electrons. The van der Waals surface area contributed by atoms with Crippen LogP contribution in [0.1, 0.15) is 30.6 Å². The van der Waals surface area contributed by atoms with Crippen molar-refractivity contribution in [3.63, 3.8) is 0 Å². The highest BCUT2D eigenvalue weighted by Crippen LogP contribution is 2.16. The van der Waals surface area contributed by atoms with Crippen LogP contribution in [0.2, 0.25) is 0 Å². The maximum absolute atomic E-state index is 4.18. The number of rotatable bonds is 6. The van der Waals surface area contributed by atoms with Gasteiger partial charge in [0.2, 0.25) is 0 Å². The lowest BCUT2D eigenvalue weighted by atomic mass is 10.0. The molecule has 0 amide bonds. The number of benzene rings is 1.